The molecule has 1 aromatic carbocycles. The molecule has 20 heavy (non-hydrogen) atoms. The molecule has 110 valence electrons. The smallest absolute Gasteiger partial charge is 0.316 e. The molecule has 0 spiro atoms. The van der Waals surface area contributed by atoms with Gasteiger partial charge in [0.05, 0.1) is 4.92 Å². The van der Waals surface area contributed by atoms with Crippen LogP contribution >= 0.6 is 11.8 Å². The Morgan fingerprint density at radius 1 is 1.45 bits per heavy atom. The fourth-order valence-electron chi connectivity index (χ4n) is 2.36. The third-order valence-corrected chi connectivity index (χ3v) is 4.90. The molecule has 0 saturated carbocycles. The highest BCUT2D eigenvalue weighted by atomic mass is 32.2. The van der Waals surface area contributed by atoms with Crippen LogP contribution in [-0.2, 0) is 0 Å². The number of hydrazine groups is 1. The molecular formula is C13H20N4O2S. The van der Waals surface area contributed by atoms with Gasteiger partial charge in [-0.1, -0.05) is 19.9 Å². The summed E-state index contributed by atoms with van der Waals surface area (Å²) < 4.78 is 0.216. The fraction of sp³-hybridized carbons (Fsp3) is 0.538. The second-order valence-electron chi connectivity index (χ2n) is 5.42. The summed E-state index contributed by atoms with van der Waals surface area (Å²) in [6, 6.07) is 5.21. The van der Waals surface area contributed by atoms with E-state index in [2.05, 4.69) is 24.2 Å². The van der Waals surface area contributed by atoms with E-state index in [1.165, 1.54) is 0 Å². The van der Waals surface area contributed by atoms with Crippen LogP contribution in [0.3, 0.4) is 0 Å². The molecule has 7 heteroatoms. The molecule has 1 saturated heterocycles. The van der Waals surface area contributed by atoms with Gasteiger partial charge in [-0.3, -0.25) is 16.0 Å². The normalized spacial score (nSPS) is 18.4. The van der Waals surface area contributed by atoms with Gasteiger partial charge in [-0.25, -0.2) is 0 Å². The first-order valence-corrected chi connectivity index (χ1v) is 7.56. The van der Waals surface area contributed by atoms with Crippen LogP contribution in [0, 0.1) is 10.1 Å². The lowest BCUT2D eigenvalue weighted by Gasteiger charge is -2.24. The molecule has 0 atom stereocenters. The lowest BCUT2D eigenvalue weighted by atomic mass is 10.1. The van der Waals surface area contributed by atoms with E-state index in [0.29, 0.717) is 11.4 Å². The second kappa shape index (κ2) is 5.88. The number of nitro benzene ring substituents is 1. The van der Waals surface area contributed by atoms with Gasteiger partial charge in [0.25, 0.3) is 0 Å². The van der Waals surface area contributed by atoms with Crippen molar-refractivity contribution >= 4 is 28.8 Å². The second-order valence-corrected chi connectivity index (χ2v) is 7.22. The minimum absolute atomic E-state index is 0.0553. The number of benzene rings is 1. The minimum atomic E-state index is -0.367. The Morgan fingerprint density at radius 2 is 2.20 bits per heavy atom. The topological polar surface area (TPSA) is 84.4 Å². The quantitative estimate of drug-likeness (QED) is 0.507. The number of anilines is 2. The summed E-state index contributed by atoms with van der Waals surface area (Å²) in [6.07, 6.45) is 0.995. The predicted molar refractivity (Wildman–Crippen MR) is 84.3 cm³/mol. The highest BCUT2D eigenvalue weighted by molar-refractivity contribution is 8.00. The maximum Gasteiger partial charge on any atom is 0.316 e. The van der Waals surface area contributed by atoms with Crippen LogP contribution in [0.15, 0.2) is 18.2 Å². The molecule has 0 radical (unpaired) electrons. The summed E-state index contributed by atoms with van der Waals surface area (Å²) in [5.74, 6) is 6.35. The Morgan fingerprint density at radius 3 is 2.85 bits per heavy atom. The molecule has 1 aliphatic heterocycles. The van der Waals surface area contributed by atoms with Crippen molar-refractivity contribution in [1.29, 1.82) is 0 Å². The number of thioether (sulfide) groups is 1. The standard InChI is InChI=1S/C13H20N4O2S/c1-13(2)6-7-16(8-9-20-13)11-5-3-4-10(15-14)12(11)17(18)19/h3-5,15H,6-9,14H2,1-2H3. The van der Waals surface area contributed by atoms with Crippen LogP contribution in [0.25, 0.3) is 0 Å². The first kappa shape index (κ1) is 14.9. The largest absolute Gasteiger partial charge is 0.365 e. The van der Waals surface area contributed by atoms with E-state index < -0.39 is 0 Å². The minimum Gasteiger partial charge on any atom is -0.365 e. The van der Waals surface area contributed by atoms with E-state index >= 15 is 0 Å². The average molecular weight is 296 g/mol. The Balaban J connectivity index is 2.35. The zero-order valence-electron chi connectivity index (χ0n) is 11.8. The van der Waals surface area contributed by atoms with Crippen molar-refractivity contribution in [3.8, 4) is 0 Å². The summed E-state index contributed by atoms with van der Waals surface area (Å²) in [6.45, 7) is 6.05. The van der Waals surface area contributed by atoms with E-state index in [1.807, 2.05) is 11.8 Å². The molecule has 6 nitrogen and oxygen atoms in total. The van der Waals surface area contributed by atoms with Gasteiger partial charge in [0.15, 0.2) is 0 Å². The summed E-state index contributed by atoms with van der Waals surface area (Å²) in [5.41, 5.74) is 3.46. The Kier molecular flexibility index (Phi) is 4.39. The highest BCUT2D eigenvalue weighted by Gasteiger charge is 2.28. The maximum atomic E-state index is 11.3. The van der Waals surface area contributed by atoms with Crippen molar-refractivity contribution in [2.45, 2.75) is 25.0 Å². The Labute approximate surface area is 122 Å². The number of nitro groups is 1. The van der Waals surface area contributed by atoms with Crippen LogP contribution < -0.4 is 16.2 Å². The van der Waals surface area contributed by atoms with Gasteiger partial charge in [-0.05, 0) is 18.6 Å². The van der Waals surface area contributed by atoms with Gasteiger partial charge in [-0.15, -0.1) is 0 Å². The SMILES string of the molecule is CC1(C)CCN(c2cccc(NN)c2[N+](=O)[O-])CCS1. The summed E-state index contributed by atoms with van der Waals surface area (Å²) in [5, 5.41) is 11.3. The zero-order valence-corrected chi connectivity index (χ0v) is 12.6. The highest BCUT2D eigenvalue weighted by Crippen LogP contribution is 2.38. The Bertz CT molecular complexity index is 507. The lowest BCUT2D eigenvalue weighted by molar-refractivity contribution is -0.383. The van der Waals surface area contributed by atoms with Gasteiger partial charge < -0.3 is 10.3 Å². The molecule has 0 aromatic heterocycles. The molecule has 0 amide bonds. The molecule has 1 fully saturated rings. The maximum absolute atomic E-state index is 11.3. The number of nitrogens with zero attached hydrogens (tertiary/aromatic N) is 2. The molecule has 3 N–H and O–H groups in total. The van der Waals surface area contributed by atoms with E-state index in [0.717, 1.165) is 25.3 Å². The number of nitrogen functional groups attached to an aromatic ring is 1. The number of hydrogen-bond donors (Lipinski definition) is 2. The van der Waals surface area contributed by atoms with Gasteiger partial charge in [-0.2, -0.15) is 11.8 Å². The van der Waals surface area contributed by atoms with Crippen LogP contribution in [-0.4, -0.2) is 28.5 Å². The molecule has 0 bridgehead atoms. The van der Waals surface area contributed by atoms with E-state index in [-0.39, 0.29) is 15.4 Å². The first-order valence-electron chi connectivity index (χ1n) is 6.57. The molecule has 0 unspecified atom stereocenters. The van der Waals surface area contributed by atoms with Crippen molar-refractivity contribution in [1.82, 2.24) is 0 Å². The van der Waals surface area contributed by atoms with Crippen molar-refractivity contribution in [3.63, 3.8) is 0 Å². The van der Waals surface area contributed by atoms with Crippen molar-refractivity contribution in [2.24, 2.45) is 5.84 Å². The third-order valence-electron chi connectivity index (χ3n) is 3.53. The van der Waals surface area contributed by atoms with Crippen LogP contribution in [0.2, 0.25) is 0 Å². The van der Waals surface area contributed by atoms with E-state index in [4.69, 9.17) is 5.84 Å². The van der Waals surface area contributed by atoms with Gasteiger partial charge in [0.2, 0.25) is 0 Å². The monoisotopic (exact) mass is 296 g/mol. The average Bonchev–Trinajstić information content (AvgIpc) is 2.58. The predicted octanol–water partition coefficient (Wildman–Crippen LogP) is 2.60. The summed E-state index contributed by atoms with van der Waals surface area (Å²) >= 11 is 1.91. The van der Waals surface area contributed by atoms with Crippen LogP contribution in [0.4, 0.5) is 17.1 Å². The van der Waals surface area contributed by atoms with Crippen molar-refractivity contribution in [2.75, 3.05) is 29.2 Å². The number of nitrogens with one attached hydrogen (secondary N) is 1. The van der Waals surface area contributed by atoms with Gasteiger partial charge in [0.1, 0.15) is 11.4 Å². The molecule has 1 heterocycles. The van der Waals surface area contributed by atoms with E-state index in [1.54, 1.807) is 18.2 Å². The lowest BCUT2D eigenvalue weighted by Crippen LogP contribution is -2.28. The fourth-order valence-corrected chi connectivity index (χ4v) is 3.46. The number of hydrogen-bond acceptors (Lipinski definition) is 6. The zero-order chi connectivity index (χ0) is 14.8. The molecule has 1 aromatic rings. The van der Waals surface area contributed by atoms with Crippen molar-refractivity contribution in [3.05, 3.63) is 28.3 Å². The van der Waals surface area contributed by atoms with Crippen LogP contribution in [0.5, 0.6) is 0 Å². The first-order chi connectivity index (χ1) is 9.44. The molecule has 2 rings (SSSR count). The summed E-state index contributed by atoms with van der Waals surface area (Å²) in [4.78, 5) is 13.1. The number of nitrogens with two attached hydrogens (primary N) is 1. The third kappa shape index (κ3) is 3.16. The molecular weight excluding hydrogens is 276 g/mol. The van der Waals surface area contributed by atoms with Crippen LogP contribution in [0.1, 0.15) is 20.3 Å². The Hall–Kier alpha value is -1.47. The van der Waals surface area contributed by atoms with E-state index in [9.17, 15) is 10.1 Å². The van der Waals surface area contributed by atoms with Gasteiger partial charge in [0, 0.05) is 23.6 Å². The van der Waals surface area contributed by atoms with Crippen molar-refractivity contribution < 1.29 is 4.92 Å². The summed E-state index contributed by atoms with van der Waals surface area (Å²) in [7, 11) is 0. The number of para-hydroxylation sites is 1. The molecule has 0 aliphatic carbocycles. The molecule has 1 aliphatic rings. The van der Waals surface area contributed by atoms with Gasteiger partial charge >= 0.3 is 5.69 Å². The number of rotatable bonds is 3.